The van der Waals surface area contributed by atoms with Gasteiger partial charge in [-0.25, -0.2) is 0 Å². The summed E-state index contributed by atoms with van der Waals surface area (Å²) in [7, 11) is 0. The molecule has 1 aliphatic rings. The minimum Gasteiger partial charge on any atom is -0.343 e. The third-order valence-corrected chi connectivity index (χ3v) is 5.06. The van der Waals surface area contributed by atoms with Gasteiger partial charge in [0.1, 0.15) is 0 Å². The van der Waals surface area contributed by atoms with Crippen LogP contribution in [0.25, 0.3) is 10.9 Å². The van der Waals surface area contributed by atoms with Gasteiger partial charge in [0, 0.05) is 22.2 Å². The molecule has 6 heteroatoms. The predicted molar refractivity (Wildman–Crippen MR) is 109 cm³/mol. The molecular formula is C22H21N3O3. The molecule has 4 rings (SSSR count). The van der Waals surface area contributed by atoms with Crippen molar-refractivity contribution in [2.45, 2.75) is 25.7 Å². The number of fused-ring (bicyclic) bond motifs is 3. The van der Waals surface area contributed by atoms with Gasteiger partial charge in [0.25, 0.3) is 11.5 Å². The van der Waals surface area contributed by atoms with Gasteiger partial charge < -0.3 is 15.6 Å². The molecule has 0 saturated heterocycles. The predicted octanol–water partition coefficient (Wildman–Crippen LogP) is 2.78. The molecule has 28 heavy (non-hydrogen) atoms. The van der Waals surface area contributed by atoms with E-state index in [0.717, 1.165) is 47.7 Å². The largest absolute Gasteiger partial charge is 0.343 e. The molecule has 3 aromatic rings. The Morgan fingerprint density at radius 1 is 0.964 bits per heavy atom. The summed E-state index contributed by atoms with van der Waals surface area (Å²) in [5, 5.41) is 6.39. The molecule has 0 atom stereocenters. The lowest BCUT2D eigenvalue weighted by Crippen LogP contribution is -2.32. The van der Waals surface area contributed by atoms with Gasteiger partial charge in [0.2, 0.25) is 5.91 Å². The highest BCUT2D eigenvalue weighted by atomic mass is 16.2. The highest BCUT2D eigenvalue weighted by Gasteiger charge is 2.16. The molecule has 0 bridgehead atoms. The summed E-state index contributed by atoms with van der Waals surface area (Å²) in [6.07, 6.45) is 3.86. The maximum Gasteiger partial charge on any atom is 0.251 e. The Labute approximate surface area is 162 Å². The van der Waals surface area contributed by atoms with E-state index in [-0.39, 0.29) is 23.9 Å². The Hall–Kier alpha value is -3.41. The van der Waals surface area contributed by atoms with Crippen LogP contribution in [0, 0.1) is 0 Å². The zero-order chi connectivity index (χ0) is 19.5. The third kappa shape index (κ3) is 3.67. The number of pyridine rings is 1. The molecule has 1 heterocycles. The maximum absolute atomic E-state index is 12.3. The fourth-order valence-corrected chi connectivity index (χ4v) is 3.70. The van der Waals surface area contributed by atoms with E-state index in [1.165, 1.54) is 0 Å². The molecule has 3 N–H and O–H groups in total. The molecule has 142 valence electrons. The number of carbonyl (C=O) groups excluding carboxylic acids is 2. The first-order valence-electron chi connectivity index (χ1n) is 9.43. The maximum atomic E-state index is 12.3. The number of anilines is 1. The second-order valence-electron chi connectivity index (χ2n) is 6.98. The van der Waals surface area contributed by atoms with E-state index in [0.29, 0.717) is 11.3 Å². The lowest BCUT2D eigenvalue weighted by Gasteiger charge is -2.17. The number of aromatic nitrogens is 1. The zero-order valence-corrected chi connectivity index (χ0v) is 15.4. The van der Waals surface area contributed by atoms with Gasteiger partial charge in [-0.2, -0.15) is 0 Å². The molecule has 0 fully saturated rings. The standard InChI is InChI=1S/C22H21N3O3/c26-20(13-23-21(27)14-6-2-1-3-7-14)24-15-10-11-17-16-8-4-5-9-18(16)22(28)25-19(17)12-15/h1-3,6-7,10-12H,4-5,8-9,13H2,(H,23,27)(H,24,26)(H,25,28). The van der Waals surface area contributed by atoms with Crippen LogP contribution in [0.1, 0.15) is 34.3 Å². The SMILES string of the molecule is O=C(CNC(=O)c1ccccc1)Nc1ccc2c3c(c(=O)[nH]c2c1)CCCC3. The van der Waals surface area contributed by atoms with Crippen molar-refractivity contribution < 1.29 is 9.59 Å². The summed E-state index contributed by atoms with van der Waals surface area (Å²) < 4.78 is 0. The number of benzene rings is 2. The van der Waals surface area contributed by atoms with Crippen LogP contribution in [0.15, 0.2) is 53.3 Å². The van der Waals surface area contributed by atoms with Crippen LogP contribution in [0.3, 0.4) is 0 Å². The Morgan fingerprint density at radius 3 is 2.50 bits per heavy atom. The first kappa shape index (κ1) is 18.0. The second kappa shape index (κ2) is 7.68. The molecule has 0 unspecified atom stereocenters. The van der Waals surface area contributed by atoms with Crippen LogP contribution >= 0.6 is 0 Å². The van der Waals surface area contributed by atoms with Crippen LogP contribution in [0.5, 0.6) is 0 Å². The molecule has 0 saturated carbocycles. The van der Waals surface area contributed by atoms with Gasteiger partial charge >= 0.3 is 0 Å². The van der Waals surface area contributed by atoms with Crippen molar-refractivity contribution in [1.29, 1.82) is 0 Å². The Kier molecular flexibility index (Phi) is 4.93. The van der Waals surface area contributed by atoms with Crippen molar-refractivity contribution in [3.63, 3.8) is 0 Å². The summed E-state index contributed by atoms with van der Waals surface area (Å²) in [6, 6.07) is 14.3. The Bertz CT molecular complexity index is 1100. The second-order valence-corrected chi connectivity index (χ2v) is 6.98. The zero-order valence-electron chi connectivity index (χ0n) is 15.4. The van der Waals surface area contributed by atoms with E-state index in [1.54, 1.807) is 30.3 Å². The number of carbonyl (C=O) groups is 2. The summed E-state index contributed by atoms with van der Waals surface area (Å²) in [5.41, 5.74) is 3.77. The Morgan fingerprint density at radius 2 is 1.71 bits per heavy atom. The molecule has 0 radical (unpaired) electrons. The van der Waals surface area contributed by atoms with Gasteiger partial charge in [-0.1, -0.05) is 24.3 Å². The van der Waals surface area contributed by atoms with Crippen LogP contribution in [0.4, 0.5) is 5.69 Å². The average molecular weight is 375 g/mol. The highest BCUT2D eigenvalue weighted by Crippen LogP contribution is 2.27. The Balaban J connectivity index is 1.47. The quantitative estimate of drug-likeness (QED) is 0.655. The van der Waals surface area contributed by atoms with E-state index >= 15 is 0 Å². The van der Waals surface area contributed by atoms with Crippen LogP contribution < -0.4 is 16.2 Å². The molecule has 0 aliphatic heterocycles. The average Bonchev–Trinajstić information content (AvgIpc) is 2.73. The number of rotatable bonds is 4. The lowest BCUT2D eigenvalue weighted by atomic mass is 9.90. The van der Waals surface area contributed by atoms with Crippen LogP contribution in [-0.4, -0.2) is 23.3 Å². The van der Waals surface area contributed by atoms with Gasteiger partial charge in [-0.05, 0) is 55.5 Å². The first-order chi connectivity index (χ1) is 13.6. The van der Waals surface area contributed by atoms with Crippen molar-refractivity contribution in [3.05, 3.63) is 75.6 Å². The smallest absolute Gasteiger partial charge is 0.251 e. The molecule has 2 amide bonds. The van der Waals surface area contributed by atoms with Crippen LogP contribution in [0.2, 0.25) is 0 Å². The number of hydrogen-bond acceptors (Lipinski definition) is 3. The summed E-state index contributed by atoms with van der Waals surface area (Å²) in [5.74, 6) is -0.630. The van der Waals surface area contributed by atoms with Gasteiger partial charge in [-0.3, -0.25) is 14.4 Å². The van der Waals surface area contributed by atoms with E-state index < -0.39 is 0 Å². The van der Waals surface area contributed by atoms with Crippen molar-refractivity contribution in [2.24, 2.45) is 0 Å². The van der Waals surface area contributed by atoms with Crippen molar-refractivity contribution >= 4 is 28.4 Å². The summed E-state index contributed by atoms with van der Waals surface area (Å²) >= 11 is 0. The molecule has 0 spiro atoms. The van der Waals surface area contributed by atoms with Crippen LogP contribution in [-0.2, 0) is 17.6 Å². The summed E-state index contributed by atoms with van der Waals surface area (Å²) in [6.45, 7) is -0.132. The fourth-order valence-electron chi connectivity index (χ4n) is 3.70. The number of aromatic amines is 1. The summed E-state index contributed by atoms with van der Waals surface area (Å²) in [4.78, 5) is 39.5. The number of H-pyrrole nitrogens is 1. The third-order valence-electron chi connectivity index (χ3n) is 5.06. The number of aryl methyl sites for hydroxylation is 1. The minimum atomic E-state index is -0.330. The lowest BCUT2D eigenvalue weighted by molar-refractivity contribution is -0.115. The number of nitrogens with one attached hydrogen (secondary N) is 3. The van der Waals surface area contributed by atoms with E-state index in [1.807, 2.05) is 18.2 Å². The van der Waals surface area contributed by atoms with Crippen molar-refractivity contribution in [2.75, 3.05) is 11.9 Å². The molecule has 1 aliphatic carbocycles. The molecular weight excluding hydrogens is 354 g/mol. The van der Waals surface area contributed by atoms with E-state index in [2.05, 4.69) is 15.6 Å². The monoisotopic (exact) mass is 375 g/mol. The van der Waals surface area contributed by atoms with Gasteiger partial charge in [0.15, 0.2) is 0 Å². The van der Waals surface area contributed by atoms with E-state index in [4.69, 9.17) is 0 Å². The van der Waals surface area contributed by atoms with Crippen molar-refractivity contribution in [1.82, 2.24) is 10.3 Å². The first-order valence-corrected chi connectivity index (χ1v) is 9.43. The highest BCUT2D eigenvalue weighted by molar-refractivity contribution is 6.00. The molecule has 2 aromatic carbocycles. The fraction of sp³-hybridized carbons (Fsp3) is 0.227. The normalized spacial score (nSPS) is 13.0. The number of amides is 2. The van der Waals surface area contributed by atoms with Gasteiger partial charge in [-0.15, -0.1) is 0 Å². The molecule has 1 aromatic heterocycles. The molecule has 6 nitrogen and oxygen atoms in total. The number of hydrogen-bond donors (Lipinski definition) is 3. The topological polar surface area (TPSA) is 91.1 Å². The van der Waals surface area contributed by atoms with E-state index in [9.17, 15) is 14.4 Å². The van der Waals surface area contributed by atoms with Crippen molar-refractivity contribution in [3.8, 4) is 0 Å². The minimum absolute atomic E-state index is 0.0409. The van der Waals surface area contributed by atoms with Gasteiger partial charge in [0.05, 0.1) is 12.1 Å².